The van der Waals surface area contributed by atoms with Crippen LogP contribution in [0, 0.1) is 0 Å². The van der Waals surface area contributed by atoms with E-state index in [4.69, 9.17) is 31.2 Å². The third kappa shape index (κ3) is 6.84. The number of morpholine rings is 1. The summed E-state index contributed by atoms with van der Waals surface area (Å²) in [5.74, 6) is 1.15. The van der Waals surface area contributed by atoms with Gasteiger partial charge in [-0.15, -0.1) is 0 Å². The van der Waals surface area contributed by atoms with Gasteiger partial charge in [0, 0.05) is 32.6 Å². The Morgan fingerprint density at radius 1 is 1.15 bits per heavy atom. The van der Waals surface area contributed by atoms with Crippen LogP contribution in [0.3, 0.4) is 0 Å². The highest BCUT2D eigenvalue weighted by molar-refractivity contribution is 8.26. The number of rotatable bonds is 11. The summed E-state index contributed by atoms with van der Waals surface area (Å²) in [5.41, 5.74) is 0.716. The maximum atomic E-state index is 12.9. The monoisotopic (exact) mass is 509 g/mol. The fourth-order valence-electron chi connectivity index (χ4n) is 3.69. The zero-order valence-corrected chi connectivity index (χ0v) is 21.4. The number of nitrogens with zero attached hydrogens (tertiary/aromatic N) is 2. The molecule has 2 fully saturated rings. The fourth-order valence-corrected chi connectivity index (χ4v) is 4.99. The summed E-state index contributed by atoms with van der Waals surface area (Å²) >= 11 is 6.60. The van der Waals surface area contributed by atoms with E-state index in [-0.39, 0.29) is 24.8 Å². The third-order valence-corrected chi connectivity index (χ3v) is 6.88. The summed E-state index contributed by atoms with van der Waals surface area (Å²) in [6.07, 6.45) is 2.81. The first-order valence-corrected chi connectivity index (χ1v) is 12.3. The second kappa shape index (κ2) is 12.9. The normalized spacial score (nSPS) is 17.9. The van der Waals surface area contributed by atoms with Crippen LogP contribution >= 0.6 is 24.0 Å². The molecular formula is C23H31N3O6S2. The molecule has 1 N–H and O–H groups in total. The molecule has 2 aliphatic heterocycles. The highest BCUT2D eigenvalue weighted by Crippen LogP contribution is 2.40. The Morgan fingerprint density at radius 2 is 1.82 bits per heavy atom. The Labute approximate surface area is 209 Å². The van der Waals surface area contributed by atoms with Crippen molar-refractivity contribution in [2.24, 2.45) is 0 Å². The van der Waals surface area contributed by atoms with Gasteiger partial charge in [0.15, 0.2) is 11.5 Å². The molecular weight excluding hydrogens is 478 g/mol. The van der Waals surface area contributed by atoms with E-state index in [0.29, 0.717) is 38.6 Å². The van der Waals surface area contributed by atoms with Crippen LogP contribution in [0.15, 0.2) is 17.0 Å². The Kier molecular flexibility index (Phi) is 10.00. The Morgan fingerprint density at radius 3 is 2.44 bits per heavy atom. The Hall–Kier alpha value is -2.34. The molecule has 0 radical (unpaired) electrons. The number of amides is 2. The lowest BCUT2D eigenvalue weighted by atomic mass is 10.1. The minimum absolute atomic E-state index is 0.0929. The highest BCUT2D eigenvalue weighted by Gasteiger charge is 2.32. The Balaban J connectivity index is 1.52. The average Bonchev–Trinajstić information content (AvgIpc) is 3.12. The predicted octanol–water partition coefficient (Wildman–Crippen LogP) is 2.14. The zero-order chi connectivity index (χ0) is 24.5. The zero-order valence-electron chi connectivity index (χ0n) is 19.8. The van der Waals surface area contributed by atoms with Gasteiger partial charge in [-0.25, -0.2) is 0 Å². The van der Waals surface area contributed by atoms with Crippen LogP contribution < -0.4 is 19.5 Å². The molecule has 2 heterocycles. The molecule has 2 amide bonds. The lowest BCUT2D eigenvalue weighted by Gasteiger charge is -2.26. The van der Waals surface area contributed by atoms with Gasteiger partial charge in [0.25, 0.3) is 5.91 Å². The van der Waals surface area contributed by atoms with Crippen molar-refractivity contribution < 1.29 is 28.5 Å². The summed E-state index contributed by atoms with van der Waals surface area (Å²) < 4.78 is 21.9. The SMILES string of the molecule is COc1cc(/C=C2\SC(=S)N(CCC(=O)NCCCN3CCOCC3)C2=O)cc(OC)c1OC. The van der Waals surface area contributed by atoms with Crippen molar-refractivity contribution >= 4 is 46.2 Å². The number of thiocarbonyl (C=S) groups is 1. The smallest absolute Gasteiger partial charge is 0.266 e. The molecule has 9 nitrogen and oxygen atoms in total. The molecule has 0 unspecified atom stereocenters. The molecule has 0 bridgehead atoms. The van der Waals surface area contributed by atoms with Crippen molar-refractivity contribution in [2.45, 2.75) is 12.8 Å². The molecule has 2 aliphatic rings. The second-order valence-electron chi connectivity index (χ2n) is 7.70. The van der Waals surface area contributed by atoms with E-state index in [1.807, 2.05) is 0 Å². The highest BCUT2D eigenvalue weighted by atomic mass is 32.2. The fraction of sp³-hybridized carbons (Fsp3) is 0.522. The predicted molar refractivity (Wildman–Crippen MR) is 135 cm³/mol. The van der Waals surface area contributed by atoms with Gasteiger partial charge in [0.1, 0.15) is 4.32 Å². The summed E-state index contributed by atoms with van der Waals surface area (Å²) in [6.45, 7) is 5.19. The number of carbonyl (C=O) groups excluding carboxylic acids is 2. The molecule has 186 valence electrons. The number of benzene rings is 1. The number of nitrogens with one attached hydrogen (secondary N) is 1. The largest absolute Gasteiger partial charge is 0.493 e. The lowest BCUT2D eigenvalue weighted by Crippen LogP contribution is -2.38. The second-order valence-corrected chi connectivity index (χ2v) is 9.38. The number of hydrogen-bond acceptors (Lipinski definition) is 9. The molecule has 34 heavy (non-hydrogen) atoms. The average molecular weight is 510 g/mol. The maximum absolute atomic E-state index is 12.9. The minimum Gasteiger partial charge on any atom is -0.493 e. The van der Waals surface area contributed by atoms with Gasteiger partial charge in [-0.2, -0.15) is 0 Å². The molecule has 0 spiro atoms. The number of thioether (sulfide) groups is 1. The van der Waals surface area contributed by atoms with Crippen LogP contribution in [0.1, 0.15) is 18.4 Å². The summed E-state index contributed by atoms with van der Waals surface area (Å²) in [5, 5.41) is 2.92. The molecule has 1 aromatic rings. The molecule has 0 saturated carbocycles. The molecule has 11 heteroatoms. The van der Waals surface area contributed by atoms with Crippen molar-refractivity contribution in [1.29, 1.82) is 0 Å². The summed E-state index contributed by atoms with van der Waals surface area (Å²) in [7, 11) is 4.61. The van der Waals surface area contributed by atoms with E-state index in [2.05, 4.69) is 10.2 Å². The topological polar surface area (TPSA) is 89.6 Å². The van der Waals surface area contributed by atoms with E-state index in [1.165, 1.54) is 38.0 Å². The maximum Gasteiger partial charge on any atom is 0.266 e. The van der Waals surface area contributed by atoms with E-state index in [0.717, 1.165) is 39.3 Å². The molecule has 0 aliphatic carbocycles. The first kappa shape index (κ1) is 26.3. The van der Waals surface area contributed by atoms with Crippen molar-refractivity contribution in [3.05, 3.63) is 22.6 Å². The molecule has 0 atom stereocenters. The van der Waals surface area contributed by atoms with E-state index in [9.17, 15) is 9.59 Å². The quantitative estimate of drug-likeness (QED) is 0.274. The van der Waals surface area contributed by atoms with Crippen LogP contribution in [0.2, 0.25) is 0 Å². The molecule has 1 aromatic carbocycles. The minimum atomic E-state index is -0.219. The van der Waals surface area contributed by atoms with Crippen LogP contribution in [0.5, 0.6) is 17.2 Å². The van der Waals surface area contributed by atoms with Crippen molar-refractivity contribution in [3.63, 3.8) is 0 Å². The van der Waals surface area contributed by atoms with E-state index < -0.39 is 0 Å². The van der Waals surface area contributed by atoms with Gasteiger partial charge in [0.05, 0.1) is 39.4 Å². The van der Waals surface area contributed by atoms with E-state index in [1.54, 1.807) is 18.2 Å². The van der Waals surface area contributed by atoms with Crippen molar-refractivity contribution in [3.8, 4) is 17.2 Å². The van der Waals surface area contributed by atoms with Gasteiger partial charge >= 0.3 is 0 Å². The standard InChI is InChI=1S/C23H31N3O6S2/c1-29-17-13-16(14-18(30-2)21(17)31-3)15-19-22(28)26(23(33)34-19)8-5-20(27)24-6-4-7-25-9-11-32-12-10-25/h13-15H,4-12H2,1-3H3,(H,24,27)/b19-15-. The van der Waals surface area contributed by atoms with Gasteiger partial charge in [-0.05, 0) is 36.7 Å². The first-order valence-electron chi connectivity index (χ1n) is 11.1. The van der Waals surface area contributed by atoms with Crippen LogP contribution in [-0.4, -0.2) is 93.2 Å². The van der Waals surface area contributed by atoms with Gasteiger partial charge < -0.3 is 24.3 Å². The summed E-state index contributed by atoms with van der Waals surface area (Å²) in [6, 6.07) is 3.52. The molecule has 0 aromatic heterocycles. The third-order valence-electron chi connectivity index (χ3n) is 5.50. The van der Waals surface area contributed by atoms with Gasteiger partial charge in [0.2, 0.25) is 11.7 Å². The molecule has 2 saturated heterocycles. The van der Waals surface area contributed by atoms with Gasteiger partial charge in [-0.1, -0.05) is 24.0 Å². The Bertz CT molecular complexity index is 908. The number of ether oxygens (including phenoxy) is 4. The van der Waals surface area contributed by atoms with Crippen molar-refractivity contribution in [2.75, 3.05) is 67.3 Å². The number of methoxy groups -OCH3 is 3. The van der Waals surface area contributed by atoms with E-state index >= 15 is 0 Å². The van der Waals surface area contributed by atoms with Crippen LogP contribution in [0.25, 0.3) is 6.08 Å². The molecule has 3 rings (SSSR count). The number of hydrogen-bond donors (Lipinski definition) is 1. The van der Waals surface area contributed by atoms with Crippen molar-refractivity contribution in [1.82, 2.24) is 15.1 Å². The van der Waals surface area contributed by atoms with Gasteiger partial charge in [-0.3, -0.25) is 19.4 Å². The number of carbonyl (C=O) groups is 2. The first-order chi connectivity index (χ1) is 16.5. The lowest BCUT2D eigenvalue weighted by molar-refractivity contribution is -0.123. The van der Waals surface area contributed by atoms with Crippen LogP contribution in [0.4, 0.5) is 0 Å². The van der Waals surface area contributed by atoms with Crippen LogP contribution in [-0.2, 0) is 14.3 Å². The summed E-state index contributed by atoms with van der Waals surface area (Å²) in [4.78, 5) is 29.4.